The van der Waals surface area contributed by atoms with E-state index in [-0.39, 0.29) is 62.1 Å². The van der Waals surface area contributed by atoms with Gasteiger partial charge in [-0.05, 0) is 0 Å². The van der Waals surface area contributed by atoms with E-state index < -0.39 is 18.8 Å². The van der Waals surface area contributed by atoms with Crippen LogP contribution in [0, 0.1) is 0 Å². The molecule has 0 aromatic rings. The summed E-state index contributed by atoms with van der Waals surface area (Å²) >= 11 is 20.7. The van der Waals surface area contributed by atoms with Crippen LogP contribution in [0.3, 0.4) is 0 Å². The number of nitrogens with zero attached hydrogens (tertiary/aromatic N) is 2. The molecule has 0 N–H and O–H groups in total. The maximum absolute atomic E-state index is 13.3. The molecular formula is C10H20Cl4N2O4PS-. The largest absolute Gasteiger partial charge is 0.772 e. The fourth-order valence-corrected chi connectivity index (χ4v) is 5.74. The molecule has 0 saturated carbocycles. The minimum atomic E-state index is -3.51. The molecule has 0 amide bonds. The van der Waals surface area contributed by atoms with Crippen LogP contribution in [-0.2, 0) is 20.2 Å². The lowest BCUT2D eigenvalue weighted by molar-refractivity contribution is 0.225. The van der Waals surface area contributed by atoms with Crippen molar-refractivity contribution in [3.63, 3.8) is 0 Å². The Hall–Kier alpha value is 1.38. The van der Waals surface area contributed by atoms with Crippen molar-refractivity contribution in [2.45, 2.75) is 0 Å². The Labute approximate surface area is 154 Å². The van der Waals surface area contributed by atoms with Crippen molar-refractivity contribution in [2.24, 2.45) is 0 Å². The van der Waals surface area contributed by atoms with Gasteiger partial charge in [0.05, 0.1) is 6.61 Å². The van der Waals surface area contributed by atoms with E-state index >= 15 is 0 Å². The maximum atomic E-state index is 13.3. The molecule has 0 rings (SSSR count). The van der Waals surface area contributed by atoms with Crippen molar-refractivity contribution < 1.29 is 17.9 Å². The second-order valence-corrected chi connectivity index (χ2v) is 8.89. The quantitative estimate of drug-likeness (QED) is 0.236. The van der Waals surface area contributed by atoms with Crippen molar-refractivity contribution in [1.82, 2.24) is 9.34 Å². The normalized spacial score (nSPS) is 14.0. The minimum Gasteiger partial charge on any atom is -0.772 e. The fraction of sp³-hybridized carbons (Fsp3) is 1.00. The molecule has 0 heterocycles. The van der Waals surface area contributed by atoms with Gasteiger partial charge in [0.1, 0.15) is 0 Å². The van der Waals surface area contributed by atoms with Gasteiger partial charge in [-0.1, -0.05) is 11.1 Å². The van der Waals surface area contributed by atoms with Gasteiger partial charge in [-0.25, -0.2) is 9.34 Å². The van der Waals surface area contributed by atoms with Crippen LogP contribution in [0.2, 0.25) is 0 Å². The van der Waals surface area contributed by atoms with Gasteiger partial charge in [0.15, 0.2) is 0 Å². The summed E-state index contributed by atoms with van der Waals surface area (Å²) < 4.78 is 43.2. The van der Waals surface area contributed by atoms with Crippen LogP contribution < -0.4 is 0 Å². The summed E-state index contributed by atoms with van der Waals surface area (Å²) in [5.41, 5.74) is 0. The lowest BCUT2D eigenvalue weighted by Crippen LogP contribution is -2.37. The van der Waals surface area contributed by atoms with Crippen LogP contribution in [0.4, 0.5) is 0 Å². The van der Waals surface area contributed by atoms with Crippen molar-refractivity contribution >= 4 is 65.2 Å². The van der Waals surface area contributed by atoms with Crippen LogP contribution in [0.15, 0.2) is 0 Å². The van der Waals surface area contributed by atoms with Gasteiger partial charge in [-0.15, -0.1) is 46.4 Å². The van der Waals surface area contributed by atoms with Gasteiger partial charge < -0.3 is 9.08 Å². The zero-order valence-corrected chi connectivity index (χ0v) is 16.7. The average Bonchev–Trinajstić information content (AvgIpc) is 2.46. The number of hydrogen-bond acceptors (Lipinski definition) is 4. The SMILES string of the molecule is O=S([O-])CCOP(=O)(N(CCCl)CCCl)N(CCCl)CCCl. The second-order valence-electron chi connectivity index (χ2n) is 3.99. The van der Waals surface area contributed by atoms with Gasteiger partial charge in [-0.2, -0.15) is 0 Å². The standard InChI is InChI=1S/C10H21Cl4N2O4PS/c11-1-5-15(6-2-12)21(17,20-9-10-22(18)19)16(7-3-13)8-4-14/h1-10H2,(H,18,19)/p-1. The molecule has 0 aromatic heterocycles. The Morgan fingerprint density at radius 2 is 1.27 bits per heavy atom. The summed E-state index contributed by atoms with van der Waals surface area (Å²) in [4.78, 5) is 0. The van der Waals surface area contributed by atoms with Crippen LogP contribution in [0.25, 0.3) is 0 Å². The Morgan fingerprint density at radius 1 is 0.909 bits per heavy atom. The molecule has 12 heteroatoms. The van der Waals surface area contributed by atoms with Gasteiger partial charge in [0.2, 0.25) is 0 Å². The predicted molar refractivity (Wildman–Crippen MR) is 93.4 cm³/mol. The fourth-order valence-electron chi connectivity index (χ4n) is 1.69. The van der Waals surface area contributed by atoms with Gasteiger partial charge in [0.25, 0.3) is 0 Å². The molecule has 0 radical (unpaired) electrons. The monoisotopic (exact) mass is 435 g/mol. The lowest BCUT2D eigenvalue weighted by atomic mass is 10.6. The molecule has 1 atom stereocenters. The van der Waals surface area contributed by atoms with Gasteiger partial charge >= 0.3 is 7.67 Å². The molecule has 0 spiro atoms. The summed E-state index contributed by atoms with van der Waals surface area (Å²) in [6, 6.07) is 0. The third kappa shape index (κ3) is 8.47. The predicted octanol–water partition coefficient (Wildman–Crippen LogP) is 2.55. The number of rotatable bonds is 14. The smallest absolute Gasteiger partial charge is 0.346 e. The molecule has 22 heavy (non-hydrogen) atoms. The highest BCUT2D eigenvalue weighted by atomic mass is 35.5. The molecule has 0 aliphatic rings. The number of hydrogen-bond donors (Lipinski definition) is 0. The van der Waals surface area contributed by atoms with E-state index in [1.807, 2.05) is 0 Å². The first-order valence-corrected chi connectivity index (χ1v) is 11.4. The molecule has 0 bridgehead atoms. The first-order chi connectivity index (χ1) is 10.5. The Balaban J connectivity index is 5.28. The first-order valence-electron chi connectivity index (χ1n) is 6.51. The van der Waals surface area contributed by atoms with E-state index in [4.69, 9.17) is 50.9 Å². The number of alkyl halides is 4. The highest BCUT2D eigenvalue weighted by molar-refractivity contribution is 7.79. The molecule has 0 aliphatic carbocycles. The highest BCUT2D eigenvalue weighted by Gasteiger charge is 2.37. The molecule has 6 nitrogen and oxygen atoms in total. The summed E-state index contributed by atoms with van der Waals surface area (Å²) in [5, 5.41) is 0. The Bertz CT molecular complexity index is 338. The van der Waals surface area contributed by atoms with Crippen LogP contribution in [0.1, 0.15) is 0 Å². The lowest BCUT2D eigenvalue weighted by Gasteiger charge is -2.37. The third-order valence-corrected chi connectivity index (χ3v) is 6.52. The molecule has 1 unspecified atom stereocenters. The summed E-state index contributed by atoms with van der Waals surface area (Å²) in [5.74, 6) is 0.663. The van der Waals surface area contributed by atoms with Crippen molar-refractivity contribution in [2.75, 3.05) is 62.1 Å². The first kappa shape index (κ1) is 23.4. The topological polar surface area (TPSA) is 72.9 Å². The van der Waals surface area contributed by atoms with Crippen molar-refractivity contribution in [3.8, 4) is 0 Å². The molecule has 0 aromatic carbocycles. The van der Waals surface area contributed by atoms with E-state index in [1.165, 1.54) is 9.34 Å². The second kappa shape index (κ2) is 13.6. The average molecular weight is 437 g/mol. The zero-order chi connectivity index (χ0) is 17.0. The molecule has 0 fully saturated rings. The third-order valence-electron chi connectivity index (χ3n) is 2.59. The summed E-state index contributed by atoms with van der Waals surface area (Å²) in [6.07, 6.45) is 0. The zero-order valence-electron chi connectivity index (χ0n) is 12.0. The van der Waals surface area contributed by atoms with E-state index in [9.17, 15) is 13.3 Å². The van der Waals surface area contributed by atoms with Crippen LogP contribution in [0.5, 0.6) is 0 Å². The van der Waals surface area contributed by atoms with Crippen molar-refractivity contribution in [1.29, 1.82) is 0 Å². The van der Waals surface area contributed by atoms with E-state index in [0.717, 1.165) is 0 Å². The van der Waals surface area contributed by atoms with E-state index in [2.05, 4.69) is 0 Å². The Kier molecular flexibility index (Phi) is 14.5. The van der Waals surface area contributed by atoms with Crippen LogP contribution in [-0.4, -0.2) is 80.2 Å². The number of halogens is 4. The summed E-state index contributed by atoms with van der Waals surface area (Å²) in [6.45, 7) is 0.940. The minimum absolute atomic E-state index is 0.199. The summed E-state index contributed by atoms with van der Waals surface area (Å²) in [7, 11) is -3.51. The van der Waals surface area contributed by atoms with Crippen LogP contribution >= 0.6 is 54.1 Å². The van der Waals surface area contributed by atoms with E-state index in [1.54, 1.807) is 0 Å². The Morgan fingerprint density at radius 3 is 1.55 bits per heavy atom. The van der Waals surface area contributed by atoms with Gasteiger partial charge in [-0.3, -0.25) is 8.77 Å². The molecular weight excluding hydrogens is 417 g/mol. The molecule has 134 valence electrons. The maximum Gasteiger partial charge on any atom is 0.346 e. The highest BCUT2D eigenvalue weighted by Crippen LogP contribution is 2.54. The molecule has 0 aliphatic heterocycles. The van der Waals surface area contributed by atoms with Gasteiger partial charge in [0, 0.05) is 55.5 Å². The molecule has 0 saturated heterocycles. The van der Waals surface area contributed by atoms with Crippen molar-refractivity contribution in [3.05, 3.63) is 0 Å². The van der Waals surface area contributed by atoms with E-state index in [0.29, 0.717) is 0 Å².